The first-order valence-corrected chi connectivity index (χ1v) is 9.78. The third-order valence-electron chi connectivity index (χ3n) is 5.63. The van der Waals surface area contributed by atoms with Crippen molar-refractivity contribution in [3.8, 4) is 0 Å². The van der Waals surface area contributed by atoms with E-state index < -0.39 is 17.7 Å². The van der Waals surface area contributed by atoms with Gasteiger partial charge in [-0.2, -0.15) is 0 Å². The van der Waals surface area contributed by atoms with Gasteiger partial charge >= 0.3 is 0 Å². The van der Waals surface area contributed by atoms with Gasteiger partial charge in [-0.05, 0) is 49.4 Å². The Kier molecular flexibility index (Phi) is 5.43. The molecule has 0 aliphatic carbocycles. The van der Waals surface area contributed by atoms with Crippen LogP contribution in [-0.2, 0) is 15.0 Å². The predicted molar refractivity (Wildman–Crippen MR) is 106 cm³/mol. The van der Waals surface area contributed by atoms with Crippen molar-refractivity contribution in [1.29, 1.82) is 0 Å². The summed E-state index contributed by atoms with van der Waals surface area (Å²) < 4.78 is 0. The second-order valence-electron chi connectivity index (χ2n) is 8.64. The van der Waals surface area contributed by atoms with Crippen LogP contribution >= 0.6 is 0 Å². The van der Waals surface area contributed by atoms with Crippen LogP contribution in [0.4, 0.5) is 0 Å². The van der Waals surface area contributed by atoms with Gasteiger partial charge < -0.3 is 14.9 Å². The minimum Gasteiger partial charge on any atom is -0.503 e. The van der Waals surface area contributed by atoms with Crippen LogP contribution < -0.4 is 0 Å². The molecule has 2 aliphatic heterocycles. The van der Waals surface area contributed by atoms with E-state index in [9.17, 15) is 14.7 Å². The van der Waals surface area contributed by atoms with Crippen molar-refractivity contribution in [1.82, 2.24) is 9.80 Å². The highest BCUT2D eigenvalue weighted by Gasteiger charge is 2.42. The summed E-state index contributed by atoms with van der Waals surface area (Å²) in [4.78, 5) is 28.9. The minimum atomic E-state index is -0.508. The summed E-state index contributed by atoms with van der Waals surface area (Å²) in [5.74, 6) is -1.09. The van der Waals surface area contributed by atoms with Gasteiger partial charge in [0.05, 0.1) is 11.6 Å². The molecule has 146 valence electrons. The van der Waals surface area contributed by atoms with Gasteiger partial charge in [-0.25, -0.2) is 0 Å². The molecule has 1 amide bonds. The van der Waals surface area contributed by atoms with Gasteiger partial charge in [-0.3, -0.25) is 9.59 Å². The lowest BCUT2D eigenvalue weighted by atomic mass is 9.85. The van der Waals surface area contributed by atoms with Crippen LogP contribution in [0.3, 0.4) is 0 Å². The minimum absolute atomic E-state index is 0.0286. The Hall–Kier alpha value is -2.14. The second-order valence-corrected chi connectivity index (χ2v) is 8.64. The average Bonchev–Trinajstić information content (AvgIpc) is 3.20. The first-order valence-electron chi connectivity index (χ1n) is 9.78. The van der Waals surface area contributed by atoms with E-state index in [4.69, 9.17) is 0 Å². The van der Waals surface area contributed by atoms with Crippen LogP contribution in [0, 0.1) is 0 Å². The van der Waals surface area contributed by atoms with Crippen molar-refractivity contribution in [2.24, 2.45) is 0 Å². The number of nitrogens with zero attached hydrogens (tertiary/aromatic N) is 2. The van der Waals surface area contributed by atoms with E-state index in [0.29, 0.717) is 6.54 Å². The highest BCUT2D eigenvalue weighted by atomic mass is 16.3. The fourth-order valence-corrected chi connectivity index (χ4v) is 4.01. The lowest BCUT2D eigenvalue weighted by Gasteiger charge is -2.29. The third kappa shape index (κ3) is 3.93. The summed E-state index contributed by atoms with van der Waals surface area (Å²) in [7, 11) is 0. The number of ketones is 1. The first kappa shape index (κ1) is 19.6. The number of Topliss-reactive ketones (excluding diaryl/α,β-unsaturated/α-hetero) is 1. The van der Waals surface area contributed by atoms with Crippen LogP contribution in [-0.4, -0.2) is 52.8 Å². The van der Waals surface area contributed by atoms with Gasteiger partial charge in [-0.1, -0.05) is 45.0 Å². The highest BCUT2D eigenvalue weighted by molar-refractivity contribution is 6.08. The summed E-state index contributed by atoms with van der Waals surface area (Å²) in [6, 6.07) is 7.54. The Morgan fingerprint density at radius 3 is 2.22 bits per heavy atom. The molecule has 1 aromatic rings. The van der Waals surface area contributed by atoms with Crippen molar-refractivity contribution in [3.05, 3.63) is 46.7 Å². The number of hydrogen-bond acceptors (Lipinski definition) is 4. The summed E-state index contributed by atoms with van der Waals surface area (Å²) in [5, 5.41) is 10.4. The van der Waals surface area contributed by atoms with E-state index in [1.165, 1.54) is 25.3 Å². The summed E-state index contributed by atoms with van der Waals surface area (Å²) in [6.07, 6.45) is 2.38. The van der Waals surface area contributed by atoms with Crippen LogP contribution in [0.2, 0.25) is 0 Å². The Balaban J connectivity index is 1.90. The highest BCUT2D eigenvalue weighted by Crippen LogP contribution is 2.38. The van der Waals surface area contributed by atoms with Crippen LogP contribution in [0.25, 0.3) is 0 Å². The molecule has 1 saturated heterocycles. The zero-order chi connectivity index (χ0) is 19.8. The lowest BCUT2D eigenvalue weighted by Crippen LogP contribution is -2.37. The standard InChI is InChI=1S/C22H30N2O3/c1-15(25)18-19(16-7-9-17(10-8-16)22(2,3)4)24(21(27)20(18)26)14-13-23-11-5-6-12-23/h7-10,19,26H,5-6,11-14H2,1-4H3. The Morgan fingerprint density at radius 2 is 1.70 bits per heavy atom. The van der Waals surface area contributed by atoms with Crippen molar-refractivity contribution in [2.75, 3.05) is 26.2 Å². The Bertz CT molecular complexity index is 753. The lowest BCUT2D eigenvalue weighted by molar-refractivity contribution is -0.129. The molecule has 2 aliphatic rings. The quantitative estimate of drug-likeness (QED) is 0.863. The number of aliphatic hydroxyl groups is 1. The molecule has 27 heavy (non-hydrogen) atoms. The van der Waals surface area contributed by atoms with Gasteiger partial charge in [0.1, 0.15) is 0 Å². The maximum atomic E-state index is 12.7. The van der Waals surface area contributed by atoms with Crippen molar-refractivity contribution >= 4 is 11.7 Å². The number of carbonyl (C=O) groups is 2. The Morgan fingerprint density at radius 1 is 1.11 bits per heavy atom. The summed E-state index contributed by atoms with van der Waals surface area (Å²) in [5.41, 5.74) is 2.30. The normalized spacial score (nSPS) is 21.4. The molecule has 5 heteroatoms. The SMILES string of the molecule is CC(=O)C1=C(O)C(=O)N(CCN2CCCC2)C1c1ccc(C(C)(C)C)cc1. The first-order chi connectivity index (χ1) is 12.7. The maximum absolute atomic E-state index is 12.7. The van der Waals surface area contributed by atoms with E-state index in [2.05, 4.69) is 25.7 Å². The van der Waals surface area contributed by atoms with Gasteiger partial charge in [-0.15, -0.1) is 0 Å². The number of benzene rings is 1. The maximum Gasteiger partial charge on any atom is 0.290 e. The van der Waals surface area contributed by atoms with Crippen molar-refractivity contribution in [2.45, 2.75) is 52.0 Å². The van der Waals surface area contributed by atoms with E-state index in [1.807, 2.05) is 24.3 Å². The number of amides is 1. The molecule has 0 aromatic heterocycles. The molecule has 1 aromatic carbocycles. The van der Waals surface area contributed by atoms with Crippen LogP contribution in [0.1, 0.15) is 57.7 Å². The molecule has 0 radical (unpaired) electrons. The van der Waals surface area contributed by atoms with Crippen molar-refractivity contribution < 1.29 is 14.7 Å². The largest absolute Gasteiger partial charge is 0.503 e. The molecule has 1 fully saturated rings. The van der Waals surface area contributed by atoms with Crippen LogP contribution in [0.5, 0.6) is 0 Å². The van der Waals surface area contributed by atoms with E-state index in [-0.39, 0.29) is 16.8 Å². The second kappa shape index (κ2) is 7.47. The molecule has 2 heterocycles. The van der Waals surface area contributed by atoms with Gasteiger partial charge in [0.2, 0.25) is 0 Å². The molecule has 0 spiro atoms. The number of likely N-dealkylation sites (tertiary alicyclic amines) is 1. The van der Waals surface area contributed by atoms with E-state index in [0.717, 1.165) is 25.2 Å². The molecule has 0 bridgehead atoms. The number of aliphatic hydroxyl groups excluding tert-OH is 1. The summed E-state index contributed by atoms with van der Waals surface area (Å²) >= 11 is 0. The molecule has 5 nitrogen and oxygen atoms in total. The van der Waals surface area contributed by atoms with Gasteiger partial charge in [0.15, 0.2) is 11.5 Å². The molecular weight excluding hydrogens is 340 g/mol. The molecule has 1 unspecified atom stereocenters. The number of hydrogen-bond donors (Lipinski definition) is 1. The monoisotopic (exact) mass is 370 g/mol. The molecular formula is C22H30N2O3. The molecule has 0 saturated carbocycles. The zero-order valence-electron chi connectivity index (χ0n) is 16.8. The Labute approximate surface area is 161 Å². The summed E-state index contributed by atoms with van der Waals surface area (Å²) in [6.45, 7) is 11.2. The third-order valence-corrected chi connectivity index (χ3v) is 5.63. The zero-order valence-corrected chi connectivity index (χ0v) is 16.8. The fraction of sp³-hybridized carbons (Fsp3) is 0.545. The van der Waals surface area contributed by atoms with Gasteiger partial charge in [0.25, 0.3) is 5.91 Å². The predicted octanol–water partition coefficient (Wildman–Crippen LogP) is 3.36. The van der Waals surface area contributed by atoms with Gasteiger partial charge in [0, 0.05) is 13.1 Å². The molecule has 1 atom stereocenters. The fourth-order valence-electron chi connectivity index (χ4n) is 4.01. The number of carbonyl (C=O) groups excluding carboxylic acids is 2. The van der Waals surface area contributed by atoms with Crippen molar-refractivity contribution in [3.63, 3.8) is 0 Å². The van der Waals surface area contributed by atoms with E-state index >= 15 is 0 Å². The van der Waals surface area contributed by atoms with E-state index in [1.54, 1.807) is 4.90 Å². The molecule has 3 rings (SSSR count). The topological polar surface area (TPSA) is 60.9 Å². The van der Waals surface area contributed by atoms with Crippen LogP contribution in [0.15, 0.2) is 35.6 Å². The average molecular weight is 370 g/mol. The smallest absolute Gasteiger partial charge is 0.290 e. The number of rotatable bonds is 5. The molecule has 1 N–H and O–H groups in total.